The number of hydrogen-bond donors (Lipinski definition) is 1. The Morgan fingerprint density at radius 1 is 0.917 bits per heavy atom. The highest BCUT2D eigenvalue weighted by molar-refractivity contribution is 6.69. The van der Waals surface area contributed by atoms with E-state index in [2.05, 4.69) is 5.16 Å². The van der Waals surface area contributed by atoms with E-state index in [-0.39, 0.29) is 5.71 Å². The van der Waals surface area contributed by atoms with Crippen molar-refractivity contribution in [1.29, 1.82) is 0 Å². The van der Waals surface area contributed by atoms with Crippen LogP contribution < -0.4 is 9.47 Å². The first-order valence-electron chi connectivity index (χ1n) is 6.97. The summed E-state index contributed by atoms with van der Waals surface area (Å²) >= 11 is 18.5. The second kappa shape index (κ2) is 7.97. The maximum absolute atomic E-state index is 9.56. The lowest BCUT2D eigenvalue weighted by Crippen LogP contribution is -2.27. The standard InChI is InChI=1S/C17H16Cl3NO3/c1-23-13-7-3-11(4-8-13)15(17(18,19)20)16(21-22)12-5-9-14(24-2)10-6-12/h3-10,15,22H,1-2H3/b21-16-/t15-/m0/s1. The average Bonchev–Trinajstić information content (AvgIpc) is 2.59. The molecule has 1 N–H and O–H groups in total. The van der Waals surface area contributed by atoms with Crippen LogP contribution in [0.5, 0.6) is 11.5 Å². The minimum Gasteiger partial charge on any atom is -0.497 e. The molecule has 0 unspecified atom stereocenters. The van der Waals surface area contributed by atoms with E-state index < -0.39 is 9.71 Å². The Labute approximate surface area is 155 Å². The van der Waals surface area contributed by atoms with Gasteiger partial charge in [-0.25, -0.2) is 0 Å². The van der Waals surface area contributed by atoms with E-state index in [1.54, 1.807) is 62.8 Å². The van der Waals surface area contributed by atoms with E-state index in [1.807, 2.05) is 0 Å². The van der Waals surface area contributed by atoms with E-state index in [0.717, 1.165) is 0 Å². The van der Waals surface area contributed by atoms with Gasteiger partial charge in [0.05, 0.1) is 25.8 Å². The maximum Gasteiger partial charge on any atom is 0.203 e. The summed E-state index contributed by atoms with van der Waals surface area (Å²) in [6, 6.07) is 14.0. The van der Waals surface area contributed by atoms with Crippen LogP contribution in [0.1, 0.15) is 17.0 Å². The molecule has 0 spiro atoms. The fraction of sp³-hybridized carbons (Fsp3) is 0.235. The first kappa shape index (κ1) is 18.7. The lowest BCUT2D eigenvalue weighted by atomic mass is 9.91. The largest absolute Gasteiger partial charge is 0.497 e. The SMILES string of the molecule is COc1ccc(/C(=N/O)[C@H](c2ccc(OC)cc2)C(Cl)(Cl)Cl)cc1. The summed E-state index contributed by atoms with van der Waals surface area (Å²) in [5.74, 6) is 0.575. The molecule has 0 aromatic heterocycles. The van der Waals surface area contributed by atoms with Crippen molar-refractivity contribution < 1.29 is 14.7 Å². The highest BCUT2D eigenvalue weighted by Crippen LogP contribution is 2.44. The van der Waals surface area contributed by atoms with Gasteiger partial charge in [-0.15, -0.1) is 0 Å². The van der Waals surface area contributed by atoms with E-state index in [0.29, 0.717) is 22.6 Å². The molecule has 4 nitrogen and oxygen atoms in total. The van der Waals surface area contributed by atoms with Crippen LogP contribution in [0.25, 0.3) is 0 Å². The summed E-state index contributed by atoms with van der Waals surface area (Å²) in [5, 5.41) is 12.9. The van der Waals surface area contributed by atoms with Gasteiger partial charge in [-0.2, -0.15) is 0 Å². The van der Waals surface area contributed by atoms with Crippen molar-refractivity contribution in [2.45, 2.75) is 9.71 Å². The third kappa shape index (κ3) is 4.26. The number of benzene rings is 2. The Hall–Kier alpha value is -1.62. The van der Waals surface area contributed by atoms with Crippen LogP contribution >= 0.6 is 34.8 Å². The summed E-state index contributed by atoms with van der Waals surface area (Å²) < 4.78 is 8.55. The molecule has 24 heavy (non-hydrogen) atoms. The Kier molecular flexibility index (Phi) is 6.21. The Balaban J connectivity index is 2.47. The topological polar surface area (TPSA) is 51.0 Å². The fourth-order valence-electron chi connectivity index (χ4n) is 2.34. The van der Waals surface area contributed by atoms with Crippen molar-refractivity contribution in [3.63, 3.8) is 0 Å². The van der Waals surface area contributed by atoms with Crippen LogP contribution in [0.4, 0.5) is 0 Å². The van der Waals surface area contributed by atoms with Gasteiger partial charge in [0, 0.05) is 5.56 Å². The molecule has 1 atom stereocenters. The van der Waals surface area contributed by atoms with E-state index in [9.17, 15) is 5.21 Å². The van der Waals surface area contributed by atoms with Gasteiger partial charge in [-0.1, -0.05) is 52.1 Å². The van der Waals surface area contributed by atoms with Crippen molar-refractivity contribution in [3.05, 3.63) is 59.7 Å². The zero-order valence-electron chi connectivity index (χ0n) is 13.0. The molecule has 0 aliphatic carbocycles. The zero-order chi connectivity index (χ0) is 17.7. The number of halogens is 3. The molecule has 2 aromatic carbocycles. The summed E-state index contributed by atoms with van der Waals surface area (Å²) in [6.07, 6.45) is 0. The van der Waals surface area contributed by atoms with Gasteiger partial charge in [0.15, 0.2) is 0 Å². The van der Waals surface area contributed by atoms with E-state index >= 15 is 0 Å². The maximum atomic E-state index is 9.56. The number of hydrogen-bond acceptors (Lipinski definition) is 4. The molecular formula is C17H16Cl3NO3. The molecule has 7 heteroatoms. The first-order chi connectivity index (χ1) is 11.4. The second-order valence-electron chi connectivity index (χ2n) is 4.96. The molecule has 0 heterocycles. The second-order valence-corrected chi connectivity index (χ2v) is 7.33. The zero-order valence-corrected chi connectivity index (χ0v) is 15.3. The summed E-state index contributed by atoms with van der Waals surface area (Å²) in [7, 11) is 3.14. The number of alkyl halides is 3. The summed E-state index contributed by atoms with van der Waals surface area (Å²) in [6.45, 7) is 0. The number of methoxy groups -OCH3 is 2. The number of ether oxygens (including phenoxy) is 2. The average molecular weight is 389 g/mol. The molecule has 0 aliphatic heterocycles. The van der Waals surface area contributed by atoms with Crippen molar-refractivity contribution in [2.75, 3.05) is 14.2 Å². The van der Waals surface area contributed by atoms with Gasteiger partial charge in [-0.05, 0) is 42.0 Å². The van der Waals surface area contributed by atoms with Gasteiger partial charge in [0.2, 0.25) is 3.79 Å². The number of nitrogens with zero attached hydrogens (tertiary/aromatic N) is 1. The molecular weight excluding hydrogens is 373 g/mol. The predicted molar refractivity (Wildman–Crippen MR) is 97.3 cm³/mol. The highest BCUT2D eigenvalue weighted by atomic mass is 35.6. The summed E-state index contributed by atoms with van der Waals surface area (Å²) in [4.78, 5) is 0. The third-order valence-electron chi connectivity index (χ3n) is 3.54. The first-order valence-corrected chi connectivity index (χ1v) is 8.11. The molecule has 0 aliphatic rings. The lowest BCUT2D eigenvalue weighted by Gasteiger charge is -2.26. The van der Waals surface area contributed by atoms with Crippen LogP contribution in [0.15, 0.2) is 53.7 Å². The highest BCUT2D eigenvalue weighted by Gasteiger charge is 2.39. The quantitative estimate of drug-likeness (QED) is 0.338. The molecule has 0 saturated heterocycles. The smallest absolute Gasteiger partial charge is 0.203 e. The predicted octanol–water partition coefficient (Wildman–Crippen LogP) is 5.04. The summed E-state index contributed by atoms with van der Waals surface area (Å²) in [5.41, 5.74) is 1.53. The fourth-order valence-corrected chi connectivity index (χ4v) is 3.03. The monoisotopic (exact) mass is 387 g/mol. The van der Waals surface area contributed by atoms with Gasteiger partial charge >= 0.3 is 0 Å². The Morgan fingerprint density at radius 3 is 1.75 bits per heavy atom. The van der Waals surface area contributed by atoms with Crippen LogP contribution in [0.3, 0.4) is 0 Å². The molecule has 0 bridgehead atoms. The molecule has 0 amide bonds. The van der Waals surface area contributed by atoms with Crippen molar-refractivity contribution in [2.24, 2.45) is 5.16 Å². The van der Waals surface area contributed by atoms with Crippen molar-refractivity contribution in [1.82, 2.24) is 0 Å². The molecule has 2 rings (SSSR count). The molecule has 0 radical (unpaired) electrons. The van der Waals surface area contributed by atoms with E-state index in [4.69, 9.17) is 44.3 Å². The lowest BCUT2D eigenvalue weighted by molar-refractivity contribution is 0.317. The van der Waals surface area contributed by atoms with Crippen LogP contribution in [0.2, 0.25) is 0 Å². The molecule has 128 valence electrons. The Bertz CT molecular complexity index is 695. The van der Waals surface area contributed by atoms with Gasteiger partial charge in [-0.3, -0.25) is 0 Å². The minimum atomic E-state index is -1.71. The van der Waals surface area contributed by atoms with E-state index in [1.165, 1.54) is 0 Å². The number of oxime groups is 1. The van der Waals surface area contributed by atoms with Gasteiger partial charge < -0.3 is 14.7 Å². The normalized spacial score (nSPS) is 13.5. The van der Waals surface area contributed by atoms with Crippen molar-refractivity contribution in [3.8, 4) is 11.5 Å². The molecule has 0 fully saturated rings. The van der Waals surface area contributed by atoms with Crippen molar-refractivity contribution >= 4 is 40.5 Å². The van der Waals surface area contributed by atoms with Crippen LogP contribution in [-0.4, -0.2) is 28.9 Å². The van der Waals surface area contributed by atoms with Gasteiger partial charge in [0.25, 0.3) is 0 Å². The number of rotatable bonds is 5. The molecule has 2 aromatic rings. The third-order valence-corrected chi connectivity index (χ3v) is 4.20. The minimum absolute atomic E-state index is 0.239. The molecule has 0 saturated carbocycles. The van der Waals surface area contributed by atoms with Crippen LogP contribution in [0, 0.1) is 0 Å². The Morgan fingerprint density at radius 2 is 1.38 bits per heavy atom. The van der Waals surface area contributed by atoms with Crippen LogP contribution in [-0.2, 0) is 0 Å². The van der Waals surface area contributed by atoms with Gasteiger partial charge in [0.1, 0.15) is 11.5 Å².